The average Bonchev–Trinajstić information content (AvgIpc) is 2.71. The van der Waals surface area contributed by atoms with Crippen molar-refractivity contribution in [2.24, 2.45) is 0 Å². The minimum absolute atomic E-state index is 0.574. The summed E-state index contributed by atoms with van der Waals surface area (Å²) in [5, 5.41) is 16.9. The lowest BCUT2D eigenvalue weighted by Crippen LogP contribution is -1.91. The molecule has 0 heterocycles. The molecule has 2 aromatic rings. The van der Waals surface area contributed by atoms with E-state index in [2.05, 4.69) is 0 Å². The number of para-hydroxylation sites is 1. The molecule has 0 radical (unpaired) electrons. The molecule has 0 saturated heterocycles. The molecule has 0 spiro atoms. The van der Waals surface area contributed by atoms with Crippen LogP contribution in [0.3, 0.4) is 0 Å². The Morgan fingerprint density at radius 2 is 1.32 bits per heavy atom. The van der Waals surface area contributed by atoms with Crippen LogP contribution in [0.15, 0.2) is 54.6 Å². The van der Waals surface area contributed by atoms with Crippen LogP contribution in [0.4, 0.5) is 0 Å². The quantitative estimate of drug-likeness (QED) is 0.701. The number of hydrogen-bond acceptors (Lipinski definition) is 5. The average molecular weight is 386 g/mol. The third-order valence-electron chi connectivity index (χ3n) is 3.37. The third-order valence-corrected chi connectivity index (χ3v) is 3.37. The molecule has 0 amide bonds. The molecule has 0 aliphatic carbocycles. The fourth-order valence-electron chi connectivity index (χ4n) is 2.09. The number of aliphatic carboxylic acids is 2. The first kappa shape index (κ1) is 22.3. The van der Waals surface area contributed by atoms with E-state index in [9.17, 15) is 9.59 Å². The fraction of sp³-hybridized carbons (Fsp3) is 0.143. The molecule has 0 atom stereocenters. The summed E-state index contributed by atoms with van der Waals surface area (Å²) in [6.45, 7) is 0. The van der Waals surface area contributed by atoms with E-state index in [1.807, 2.05) is 12.1 Å². The van der Waals surface area contributed by atoms with Crippen molar-refractivity contribution in [1.82, 2.24) is 0 Å². The van der Waals surface area contributed by atoms with Crippen LogP contribution >= 0.6 is 0 Å². The van der Waals surface area contributed by atoms with Gasteiger partial charge in [0.15, 0.2) is 11.5 Å². The molecule has 2 rings (SSSR count). The predicted octanol–water partition coefficient (Wildman–Crippen LogP) is 3.59. The van der Waals surface area contributed by atoms with Crippen LogP contribution in [0.1, 0.15) is 11.1 Å². The van der Waals surface area contributed by atoms with Gasteiger partial charge in [0.25, 0.3) is 0 Å². The number of carboxylic acids is 2. The zero-order valence-corrected chi connectivity index (χ0v) is 15.8. The Balaban J connectivity index is 0.000000283. The van der Waals surface area contributed by atoms with Gasteiger partial charge in [0.2, 0.25) is 0 Å². The summed E-state index contributed by atoms with van der Waals surface area (Å²) in [6, 6.07) is 12.4. The molecule has 0 aromatic heterocycles. The van der Waals surface area contributed by atoms with E-state index < -0.39 is 11.9 Å². The summed E-state index contributed by atoms with van der Waals surface area (Å²) in [5.74, 6) is -0.0919. The van der Waals surface area contributed by atoms with Crippen molar-refractivity contribution in [3.8, 4) is 17.2 Å². The molecule has 0 saturated carbocycles. The van der Waals surface area contributed by atoms with Crippen LogP contribution in [0.5, 0.6) is 17.2 Å². The van der Waals surface area contributed by atoms with Crippen LogP contribution < -0.4 is 14.2 Å². The molecule has 0 bridgehead atoms. The highest BCUT2D eigenvalue weighted by Crippen LogP contribution is 2.27. The van der Waals surface area contributed by atoms with Gasteiger partial charge in [-0.3, -0.25) is 0 Å². The lowest BCUT2D eigenvalue weighted by Gasteiger charge is -2.07. The first-order chi connectivity index (χ1) is 13.4. The summed E-state index contributed by atoms with van der Waals surface area (Å²) in [6.07, 6.45) is 5.14. The molecule has 28 heavy (non-hydrogen) atoms. The molecule has 7 nitrogen and oxygen atoms in total. The molecule has 2 aromatic carbocycles. The number of ether oxygens (including phenoxy) is 3. The maximum absolute atomic E-state index is 10.3. The summed E-state index contributed by atoms with van der Waals surface area (Å²) < 4.78 is 15.2. The lowest BCUT2D eigenvalue weighted by molar-refractivity contribution is -0.132. The largest absolute Gasteiger partial charge is 0.496 e. The minimum Gasteiger partial charge on any atom is -0.496 e. The van der Waals surface area contributed by atoms with Crippen molar-refractivity contribution >= 4 is 24.1 Å². The van der Waals surface area contributed by atoms with Crippen molar-refractivity contribution in [3.63, 3.8) is 0 Å². The second-order valence-corrected chi connectivity index (χ2v) is 5.20. The van der Waals surface area contributed by atoms with Gasteiger partial charge in [-0.05, 0) is 35.9 Å². The summed E-state index contributed by atoms with van der Waals surface area (Å²) in [4.78, 5) is 20.6. The van der Waals surface area contributed by atoms with Gasteiger partial charge in [-0.1, -0.05) is 24.3 Å². The molecule has 0 unspecified atom stereocenters. The SMILES string of the molecule is COc1ccc(C=CC(=O)O)cc1OC.COc1ccccc1C=CC(=O)O. The maximum atomic E-state index is 10.3. The van der Waals surface area contributed by atoms with Gasteiger partial charge < -0.3 is 24.4 Å². The van der Waals surface area contributed by atoms with Gasteiger partial charge in [0, 0.05) is 17.7 Å². The molecule has 2 N–H and O–H groups in total. The topological polar surface area (TPSA) is 102 Å². The second-order valence-electron chi connectivity index (χ2n) is 5.20. The number of rotatable bonds is 7. The Bertz CT molecular complexity index is 854. The standard InChI is InChI=1S/C11H12O4.C10H10O3/c1-14-9-5-3-8(4-6-11(12)13)7-10(9)15-2;1-13-9-5-3-2-4-8(9)6-7-10(11)12/h3-7H,1-2H3,(H,12,13);2-7H,1H3,(H,11,12). The number of carbonyl (C=O) groups is 2. The Morgan fingerprint density at radius 1 is 0.750 bits per heavy atom. The van der Waals surface area contributed by atoms with Crippen LogP contribution in [0, 0.1) is 0 Å². The summed E-state index contributed by atoms with van der Waals surface area (Å²) in [5.41, 5.74) is 1.50. The number of carboxylic acid groups (broad SMARTS) is 2. The Hall–Kier alpha value is -3.74. The van der Waals surface area contributed by atoms with E-state index in [4.69, 9.17) is 24.4 Å². The number of benzene rings is 2. The van der Waals surface area contributed by atoms with Crippen LogP contribution in [0.25, 0.3) is 12.2 Å². The van der Waals surface area contributed by atoms with E-state index in [0.29, 0.717) is 17.2 Å². The predicted molar refractivity (Wildman–Crippen MR) is 106 cm³/mol. The first-order valence-corrected chi connectivity index (χ1v) is 8.08. The molecule has 0 aliphatic rings. The van der Waals surface area contributed by atoms with Crippen molar-refractivity contribution < 1.29 is 34.0 Å². The Morgan fingerprint density at radius 3 is 1.89 bits per heavy atom. The highest BCUT2D eigenvalue weighted by molar-refractivity contribution is 5.86. The van der Waals surface area contributed by atoms with Crippen LogP contribution in [0.2, 0.25) is 0 Å². The van der Waals surface area contributed by atoms with E-state index in [0.717, 1.165) is 23.3 Å². The second kappa shape index (κ2) is 11.8. The lowest BCUT2D eigenvalue weighted by atomic mass is 10.2. The zero-order valence-electron chi connectivity index (χ0n) is 15.8. The van der Waals surface area contributed by atoms with Crippen molar-refractivity contribution in [2.45, 2.75) is 0 Å². The fourth-order valence-corrected chi connectivity index (χ4v) is 2.09. The van der Waals surface area contributed by atoms with Crippen molar-refractivity contribution in [2.75, 3.05) is 21.3 Å². The minimum atomic E-state index is -0.982. The van der Waals surface area contributed by atoms with Gasteiger partial charge in [-0.2, -0.15) is 0 Å². The van der Waals surface area contributed by atoms with E-state index in [1.54, 1.807) is 44.6 Å². The summed E-state index contributed by atoms with van der Waals surface area (Å²) >= 11 is 0. The third kappa shape index (κ3) is 7.65. The zero-order chi connectivity index (χ0) is 20.9. The molecule has 0 fully saturated rings. The van der Waals surface area contributed by atoms with E-state index in [1.165, 1.54) is 19.3 Å². The monoisotopic (exact) mass is 386 g/mol. The van der Waals surface area contributed by atoms with Crippen molar-refractivity contribution in [3.05, 3.63) is 65.7 Å². The highest BCUT2D eigenvalue weighted by Gasteiger charge is 2.02. The van der Waals surface area contributed by atoms with Gasteiger partial charge in [-0.15, -0.1) is 0 Å². The smallest absolute Gasteiger partial charge is 0.328 e. The number of hydrogen-bond donors (Lipinski definition) is 2. The molecule has 7 heteroatoms. The normalized spacial score (nSPS) is 10.2. The molecule has 148 valence electrons. The van der Waals surface area contributed by atoms with Gasteiger partial charge in [0.05, 0.1) is 21.3 Å². The molecule has 0 aliphatic heterocycles. The van der Waals surface area contributed by atoms with Crippen LogP contribution in [-0.4, -0.2) is 43.5 Å². The molecular formula is C21H22O7. The maximum Gasteiger partial charge on any atom is 0.328 e. The van der Waals surface area contributed by atoms with E-state index >= 15 is 0 Å². The Kier molecular flexibility index (Phi) is 9.39. The van der Waals surface area contributed by atoms with Crippen LogP contribution in [-0.2, 0) is 9.59 Å². The van der Waals surface area contributed by atoms with E-state index in [-0.39, 0.29) is 0 Å². The summed E-state index contributed by atoms with van der Waals surface area (Å²) in [7, 11) is 4.63. The van der Waals surface area contributed by atoms with Gasteiger partial charge >= 0.3 is 11.9 Å². The number of methoxy groups -OCH3 is 3. The highest BCUT2D eigenvalue weighted by atomic mass is 16.5. The first-order valence-electron chi connectivity index (χ1n) is 8.08. The van der Waals surface area contributed by atoms with Gasteiger partial charge in [0.1, 0.15) is 5.75 Å². The molecular weight excluding hydrogens is 364 g/mol. The van der Waals surface area contributed by atoms with Gasteiger partial charge in [-0.25, -0.2) is 9.59 Å². The van der Waals surface area contributed by atoms with Crippen molar-refractivity contribution in [1.29, 1.82) is 0 Å². The Labute approximate surface area is 163 Å².